The molecular formula is C12H14ClN3O3. The van der Waals surface area contributed by atoms with Crippen molar-refractivity contribution in [3.05, 3.63) is 38.9 Å². The number of amides is 1. The van der Waals surface area contributed by atoms with E-state index in [2.05, 4.69) is 5.32 Å². The smallest absolute Gasteiger partial charge is 0.269 e. The fraction of sp³-hybridized carbons (Fsp3) is 0.417. The highest BCUT2D eigenvalue weighted by atomic mass is 35.5. The predicted molar refractivity (Wildman–Crippen MR) is 70.9 cm³/mol. The third kappa shape index (κ3) is 3.02. The molecule has 1 fully saturated rings. The summed E-state index contributed by atoms with van der Waals surface area (Å²) >= 11 is 6.00. The molecule has 2 rings (SSSR count). The van der Waals surface area contributed by atoms with Crippen LogP contribution in [0.25, 0.3) is 0 Å². The topological polar surface area (TPSA) is 75.5 Å². The van der Waals surface area contributed by atoms with E-state index in [1.807, 2.05) is 0 Å². The lowest BCUT2D eigenvalue weighted by Crippen LogP contribution is -2.51. The fourth-order valence-corrected chi connectivity index (χ4v) is 2.08. The number of nitrogens with one attached hydrogen (secondary N) is 1. The number of hydrogen-bond donors (Lipinski definition) is 1. The zero-order chi connectivity index (χ0) is 14.0. The molecule has 7 heteroatoms. The van der Waals surface area contributed by atoms with Crippen LogP contribution in [0.1, 0.15) is 5.56 Å². The second-order valence-electron chi connectivity index (χ2n) is 4.58. The summed E-state index contributed by atoms with van der Waals surface area (Å²) in [4.78, 5) is 23.8. The Morgan fingerprint density at radius 2 is 2.26 bits per heavy atom. The molecule has 102 valence electrons. The van der Waals surface area contributed by atoms with Gasteiger partial charge in [0.25, 0.3) is 5.69 Å². The molecule has 19 heavy (non-hydrogen) atoms. The van der Waals surface area contributed by atoms with Crippen molar-refractivity contribution in [3.63, 3.8) is 0 Å². The molecule has 1 aromatic rings. The third-order valence-corrected chi connectivity index (χ3v) is 3.52. The summed E-state index contributed by atoms with van der Waals surface area (Å²) in [5.74, 6) is 0.0313. The van der Waals surface area contributed by atoms with Crippen LogP contribution in [-0.2, 0) is 11.3 Å². The second-order valence-corrected chi connectivity index (χ2v) is 4.99. The van der Waals surface area contributed by atoms with Gasteiger partial charge >= 0.3 is 0 Å². The molecule has 0 saturated carbocycles. The Morgan fingerprint density at radius 3 is 2.79 bits per heavy atom. The van der Waals surface area contributed by atoms with Gasteiger partial charge in [-0.2, -0.15) is 0 Å². The molecule has 1 aliphatic heterocycles. The minimum absolute atomic E-state index is 0.00229. The van der Waals surface area contributed by atoms with Crippen LogP contribution in [0, 0.1) is 16.0 Å². The Bertz CT molecular complexity index is 517. The molecule has 0 radical (unpaired) electrons. The number of hydrogen-bond acceptors (Lipinski definition) is 4. The highest BCUT2D eigenvalue weighted by Gasteiger charge is 2.27. The Morgan fingerprint density at radius 1 is 1.58 bits per heavy atom. The maximum Gasteiger partial charge on any atom is 0.269 e. The van der Waals surface area contributed by atoms with Crippen LogP contribution >= 0.6 is 11.6 Å². The van der Waals surface area contributed by atoms with Crippen molar-refractivity contribution < 1.29 is 9.72 Å². The van der Waals surface area contributed by atoms with Crippen LogP contribution in [0.3, 0.4) is 0 Å². The van der Waals surface area contributed by atoms with Crippen LogP contribution in [0.2, 0.25) is 5.02 Å². The molecule has 1 aliphatic rings. The Kier molecular flexibility index (Phi) is 4.01. The molecule has 1 heterocycles. The summed E-state index contributed by atoms with van der Waals surface area (Å²) in [6.45, 7) is 1.65. The van der Waals surface area contributed by atoms with Gasteiger partial charge in [-0.3, -0.25) is 14.9 Å². The molecule has 1 saturated heterocycles. The zero-order valence-corrected chi connectivity index (χ0v) is 11.2. The van der Waals surface area contributed by atoms with Gasteiger partial charge in [-0.15, -0.1) is 0 Å². The number of halogens is 1. The number of carbonyl (C=O) groups excluding carboxylic acids is 1. The van der Waals surface area contributed by atoms with Crippen molar-refractivity contribution in [3.8, 4) is 0 Å². The summed E-state index contributed by atoms with van der Waals surface area (Å²) in [6.07, 6.45) is 0. The summed E-state index contributed by atoms with van der Waals surface area (Å²) in [5.41, 5.74) is 0.560. The van der Waals surface area contributed by atoms with E-state index in [9.17, 15) is 14.9 Å². The standard InChI is InChI=1S/C12H14ClN3O3/c1-15(12(17)9-5-14-6-9)7-8-4-10(16(18)19)2-3-11(8)13/h2-4,9,14H,5-7H2,1H3. The van der Waals surface area contributed by atoms with Crippen LogP contribution in [0.5, 0.6) is 0 Å². The zero-order valence-electron chi connectivity index (χ0n) is 10.4. The van der Waals surface area contributed by atoms with Crippen LogP contribution in [-0.4, -0.2) is 35.9 Å². The van der Waals surface area contributed by atoms with Crippen LogP contribution in [0.4, 0.5) is 5.69 Å². The van der Waals surface area contributed by atoms with E-state index >= 15 is 0 Å². The lowest BCUT2D eigenvalue weighted by Gasteiger charge is -2.30. The van der Waals surface area contributed by atoms with Crippen molar-refractivity contribution in [2.75, 3.05) is 20.1 Å². The van der Waals surface area contributed by atoms with E-state index in [1.165, 1.54) is 18.2 Å². The SMILES string of the molecule is CN(Cc1cc([N+](=O)[O-])ccc1Cl)C(=O)C1CNC1. The van der Waals surface area contributed by atoms with Gasteiger partial charge in [0.1, 0.15) is 0 Å². The number of non-ortho nitro benzene ring substituents is 1. The number of rotatable bonds is 4. The quantitative estimate of drug-likeness (QED) is 0.670. The highest BCUT2D eigenvalue weighted by Crippen LogP contribution is 2.23. The molecule has 0 unspecified atom stereocenters. The van der Waals surface area contributed by atoms with Crippen molar-refractivity contribution in [2.45, 2.75) is 6.54 Å². The minimum atomic E-state index is -0.475. The molecule has 0 atom stereocenters. The summed E-state index contributed by atoms with van der Waals surface area (Å²) < 4.78 is 0. The molecule has 6 nitrogen and oxygen atoms in total. The average molecular weight is 284 g/mol. The van der Waals surface area contributed by atoms with Gasteiger partial charge in [0.05, 0.1) is 10.8 Å². The summed E-state index contributed by atoms with van der Waals surface area (Å²) in [6, 6.07) is 4.24. The minimum Gasteiger partial charge on any atom is -0.341 e. The molecule has 0 aromatic heterocycles. The molecule has 1 amide bonds. The molecule has 0 aliphatic carbocycles. The summed E-state index contributed by atoms with van der Waals surface area (Å²) in [5, 5.41) is 14.2. The lowest BCUT2D eigenvalue weighted by molar-refractivity contribution is -0.384. The van der Waals surface area contributed by atoms with E-state index in [0.29, 0.717) is 23.7 Å². The Labute approximate surface area is 115 Å². The van der Waals surface area contributed by atoms with Gasteiger partial charge < -0.3 is 10.2 Å². The second kappa shape index (κ2) is 5.54. The van der Waals surface area contributed by atoms with Crippen molar-refractivity contribution >= 4 is 23.2 Å². The normalized spacial score (nSPS) is 14.8. The van der Waals surface area contributed by atoms with Gasteiger partial charge in [-0.25, -0.2) is 0 Å². The third-order valence-electron chi connectivity index (χ3n) is 3.15. The molecule has 0 spiro atoms. The van der Waals surface area contributed by atoms with E-state index in [0.717, 1.165) is 0 Å². The van der Waals surface area contributed by atoms with Gasteiger partial charge in [0.15, 0.2) is 0 Å². The van der Waals surface area contributed by atoms with Crippen molar-refractivity contribution in [1.82, 2.24) is 10.2 Å². The maximum absolute atomic E-state index is 12.0. The Hall–Kier alpha value is -1.66. The van der Waals surface area contributed by atoms with Gasteiger partial charge in [-0.1, -0.05) is 11.6 Å². The van der Waals surface area contributed by atoms with E-state index in [-0.39, 0.29) is 24.1 Å². The number of nitro groups is 1. The lowest BCUT2D eigenvalue weighted by atomic mass is 10.0. The fourth-order valence-electron chi connectivity index (χ4n) is 1.90. The Balaban J connectivity index is 2.11. The van der Waals surface area contributed by atoms with E-state index < -0.39 is 4.92 Å². The van der Waals surface area contributed by atoms with Crippen LogP contribution in [0.15, 0.2) is 18.2 Å². The molecule has 0 bridgehead atoms. The number of carbonyl (C=O) groups is 1. The number of nitrogens with zero attached hydrogens (tertiary/aromatic N) is 2. The van der Waals surface area contributed by atoms with Gasteiger partial charge in [0.2, 0.25) is 5.91 Å². The number of benzene rings is 1. The largest absolute Gasteiger partial charge is 0.341 e. The first-order chi connectivity index (χ1) is 8.99. The molecular weight excluding hydrogens is 270 g/mol. The van der Waals surface area contributed by atoms with Crippen molar-refractivity contribution in [1.29, 1.82) is 0 Å². The van der Waals surface area contributed by atoms with Crippen molar-refractivity contribution in [2.24, 2.45) is 5.92 Å². The maximum atomic E-state index is 12.0. The summed E-state index contributed by atoms with van der Waals surface area (Å²) in [7, 11) is 1.68. The first-order valence-electron chi connectivity index (χ1n) is 5.87. The first-order valence-corrected chi connectivity index (χ1v) is 6.25. The first kappa shape index (κ1) is 13.8. The predicted octanol–water partition coefficient (Wildman–Crippen LogP) is 1.43. The average Bonchev–Trinajstić information content (AvgIpc) is 2.29. The van der Waals surface area contributed by atoms with Gasteiger partial charge in [0, 0.05) is 43.8 Å². The van der Waals surface area contributed by atoms with Crippen LogP contribution < -0.4 is 5.32 Å². The van der Waals surface area contributed by atoms with Gasteiger partial charge in [-0.05, 0) is 11.6 Å². The highest BCUT2D eigenvalue weighted by molar-refractivity contribution is 6.31. The van der Waals surface area contributed by atoms with E-state index in [4.69, 9.17) is 11.6 Å². The molecule has 1 N–H and O–H groups in total. The number of nitro benzene ring substituents is 1. The monoisotopic (exact) mass is 283 g/mol. The van der Waals surface area contributed by atoms with E-state index in [1.54, 1.807) is 11.9 Å². The molecule has 1 aromatic carbocycles.